The van der Waals surface area contributed by atoms with Crippen LogP contribution in [0.15, 0.2) is 54.6 Å². The molecule has 2 amide bonds. The molecule has 2 rings (SSSR count). The molecule has 108 valence electrons. The summed E-state index contributed by atoms with van der Waals surface area (Å²) in [6, 6.07) is 15.9. The fourth-order valence-corrected chi connectivity index (χ4v) is 1.93. The summed E-state index contributed by atoms with van der Waals surface area (Å²) in [5.41, 5.74) is 6.88. The third-order valence-electron chi connectivity index (χ3n) is 2.94. The van der Waals surface area contributed by atoms with Crippen molar-refractivity contribution in [1.29, 1.82) is 0 Å². The van der Waals surface area contributed by atoms with Crippen LogP contribution in [-0.2, 0) is 4.79 Å². The van der Waals surface area contributed by atoms with E-state index in [1.54, 1.807) is 36.4 Å². The van der Waals surface area contributed by atoms with Gasteiger partial charge in [0.2, 0.25) is 0 Å². The van der Waals surface area contributed by atoms with E-state index in [2.05, 4.69) is 10.9 Å². The number of carbonyl (C=O) groups is 2. The van der Waals surface area contributed by atoms with Gasteiger partial charge in [-0.25, -0.2) is 0 Å². The van der Waals surface area contributed by atoms with Gasteiger partial charge in [-0.3, -0.25) is 20.4 Å². The van der Waals surface area contributed by atoms with Crippen molar-refractivity contribution in [3.05, 3.63) is 71.3 Å². The van der Waals surface area contributed by atoms with Crippen LogP contribution in [0.25, 0.3) is 0 Å². The molecule has 0 spiro atoms. The zero-order valence-corrected chi connectivity index (χ0v) is 12.2. The van der Waals surface area contributed by atoms with Gasteiger partial charge in [0.1, 0.15) is 5.38 Å². The molecular formula is C16H15ClN2O2. The Kier molecular flexibility index (Phi) is 4.95. The topological polar surface area (TPSA) is 58.2 Å². The van der Waals surface area contributed by atoms with Crippen LogP contribution in [0.4, 0.5) is 0 Å². The third kappa shape index (κ3) is 4.07. The highest BCUT2D eigenvalue weighted by atomic mass is 35.5. The number of rotatable bonds is 3. The Balaban J connectivity index is 1.92. The van der Waals surface area contributed by atoms with Crippen molar-refractivity contribution in [2.75, 3.05) is 0 Å². The van der Waals surface area contributed by atoms with Crippen molar-refractivity contribution in [3.8, 4) is 0 Å². The van der Waals surface area contributed by atoms with E-state index in [9.17, 15) is 9.59 Å². The maximum atomic E-state index is 11.9. The Morgan fingerprint density at radius 1 is 0.952 bits per heavy atom. The Morgan fingerprint density at radius 3 is 2.19 bits per heavy atom. The highest BCUT2D eigenvalue weighted by Gasteiger charge is 2.18. The summed E-state index contributed by atoms with van der Waals surface area (Å²) >= 11 is 6.08. The van der Waals surface area contributed by atoms with Gasteiger partial charge in [0.15, 0.2) is 0 Å². The fourth-order valence-electron chi connectivity index (χ4n) is 1.73. The molecule has 0 aromatic heterocycles. The van der Waals surface area contributed by atoms with Gasteiger partial charge in [-0.15, -0.1) is 11.6 Å². The molecule has 0 saturated heterocycles. The number of nitrogens with one attached hydrogen (secondary N) is 2. The standard InChI is InChI=1S/C16H15ClN2O2/c1-11-7-9-12(10-8-11)14(17)16(21)19-18-15(20)13-5-3-2-4-6-13/h2-10,14H,1H3,(H,18,20)(H,19,21). The fraction of sp³-hybridized carbons (Fsp3) is 0.125. The number of halogens is 1. The summed E-state index contributed by atoms with van der Waals surface area (Å²) in [5.74, 6) is -0.874. The number of carbonyl (C=O) groups excluding carboxylic acids is 2. The van der Waals surface area contributed by atoms with Crippen LogP contribution in [0.2, 0.25) is 0 Å². The lowest BCUT2D eigenvalue weighted by Gasteiger charge is -2.12. The first-order chi connectivity index (χ1) is 10.1. The van der Waals surface area contributed by atoms with Crippen LogP contribution in [0.3, 0.4) is 0 Å². The summed E-state index contributed by atoms with van der Waals surface area (Å²) in [4.78, 5) is 23.7. The maximum Gasteiger partial charge on any atom is 0.269 e. The van der Waals surface area contributed by atoms with Crippen molar-refractivity contribution in [2.24, 2.45) is 0 Å². The molecule has 5 heteroatoms. The largest absolute Gasteiger partial charge is 0.271 e. The van der Waals surface area contributed by atoms with Crippen molar-refractivity contribution in [3.63, 3.8) is 0 Å². The molecular weight excluding hydrogens is 288 g/mol. The lowest BCUT2D eigenvalue weighted by molar-refractivity contribution is -0.121. The Hall–Kier alpha value is -2.33. The quantitative estimate of drug-likeness (QED) is 0.676. The van der Waals surface area contributed by atoms with E-state index in [0.29, 0.717) is 11.1 Å². The third-order valence-corrected chi connectivity index (χ3v) is 3.39. The van der Waals surface area contributed by atoms with Crippen molar-refractivity contribution < 1.29 is 9.59 Å². The number of hydrogen-bond acceptors (Lipinski definition) is 2. The zero-order valence-electron chi connectivity index (χ0n) is 11.5. The molecule has 1 unspecified atom stereocenters. The van der Waals surface area contributed by atoms with Gasteiger partial charge in [-0.2, -0.15) is 0 Å². The lowest BCUT2D eigenvalue weighted by atomic mass is 10.1. The Bertz CT molecular complexity index is 626. The molecule has 0 heterocycles. The van der Waals surface area contributed by atoms with Crippen LogP contribution in [0.1, 0.15) is 26.9 Å². The summed E-state index contributed by atoms with van der Waals surface area (Å²) in [6.07, 6.45) is 0. The second-order valence-corrected chi connectivity index (χ2v) is 5.02. The first kappa shape index (κ1) is 15.1. The molecule has 0 aliphatic carbocycles. The van der Waals surface area contributed by atoms with E-state index in [1.807, 2.05) is 25.1 Å². The van der Waals surface area contributed by atoms with Crippen LogP contribution >= 0.6 is 11.6 Å². The number of alkyl halides is 1. The minimum atomic E-state index is -0.860. The van der Waals surface area contributed by atoms with E-state index in [4.69, 9.17) is 11.6 Å². The summed E-state index contributed by atoms with van der Waals surface area (Å²) in [5, 5.41) is -0.860. The Labute approximate surface area is 128 Å². The van der Waals surface area contributed by atoms with Gasteiger partial charge >= 0.3 is 0 Å². The van der Waals surface area contributed by atoms with E-state index < -0.39 is 17.2 Å². The van der Waals surface area contributed by atoms with E-state index in [-0.39, 0.29) is 0 Å². The Morgan fingerprint density at radius 2 is 1.57 bits per heavy atom. The van der Waals surface area contributed by atoms with Crippen molar-refractivity contribution >= 4 is 23.4 Å². The van der Waals surface area contributed by atoms with Gasteiger partial charge in [-0.1, -0.05) is 48.0 Å². The molecule has 2 aromatic rings. The minimum absolute atomic E-state index is 0.392. The molecule has 0 bridgehead atoms. The van der Waals surface area contributed by atoms with E-state index in [1.165, 1.54) is 0 Å². The number of hydrogen-bond donors (Lipinski definition) is 2. The lowest BCUT2D eigenvalue weighted by Crippen LogP contribution is -2.43. The second kappa shape index (κ2) is 6.90. The molecule has 0 aliphatic rings. The normalized spacial score (nSPS) is 11.5. The van der Waals surface area contributed by atoms with Gasteiger partial charge in [0, 0.05) is 5.56 Å². The maximum absolute atomic E-state index is 11.9. The molecule has 0 radical (unpaired) electrons. The molecule has 2 aromatic carbocycles. The highest BCUT2D eigenvalue weighted by molar-refractivity contribution is 6.30. The molecule has 1 atom stereocenters. The minimum Gasteiger partial charge on any atom is -0.271 e. The van der Waals surface area contributed by atoms with Crippen LogP contribution in [0, 0.1) is 6.92 Å². The van der Waals surface area contributed by atoms with Gasteiger partial charge in [-0.05, 0) is 24.6 Å². The average molecular weight is 303 g/mol. The molecule has 0 saturated carbocycles. The van der Waals surface area contributed by atoms with Gasteiger partial charge < -0.3 is 0 Å². The molecule has 2 N–H and O–H groups in total. The zero-order chi connectivity index (χ0) is 15.2. The number of benzene rings is 2. The average Bonchev–Trinajstić information content (AvgIpc) is 2.53. The molecule has 0 aliphatic heterocycles. The van der Waals surface area contributed by atoms with Crippen LogP contribution < -0.4 is 10.9 Å². The molecule has 21 heavy (non-hydrogen) atoms. The predicted octanol–water partition coefficient (Wildman–Crippen LogP) is 2.74. The van der Waals surface area contributed by atoms with Gasteiger partial charge in [0.25, 0.3) is 11.8 Å². The van der Waals surface area contributed by atoms with Crippen molar-refractivity contribution in [1.82, 2.24) is 10.9 Å². The van der Waals surface area contributed by atoms with Crippen LogP contribution in [-0.4, -0.2) is 11.8 Å². The summed E-state index contributed by atoms with van der Waals surface area (Å²) in [7, 11) is 0. The highest BCUT2D eigenvalue weighted by Crippen LogP contribution is 2.20. The molecule has 0 fully saturated rings. The van der Waals surface area contributed by atoms with E-state index >= 15 is 0 Å². The monoisotopic (exact) mass is 302 g/mol. The first-order valence-corrected chi connectivity index (χ1v) is 6.87. The predicted molar refractivity (Wildman–Crippen MR) is 81.8 cm³/mol. The van der Waals surface area contributed by atoms with E-state index in [0.717, 1.165) is 5.56 Å². The first-order valence-electron chi connectivity index (χ1n) is 6.44. The second-order valence-electron chi connectivity index (χ2n) is 4.58. The number of aryl methyl sites for hydroxylation is 1. The SMILES string of the molecule is Cc1ccc(C(Cl)C(=O)NNC(=O)c2ccccc2)cc1. The van der Waals surface area contributed by atoms with Crippen LogP contribution in [0.5, 0.6) is 0 Å². The summed E-state index contributed by atoms with van der Waals surface area (Å²) < 4.78 is 0. The number of hydrazine groups is 1. The smallest absolute Gasteiger partial charge is 0.269 e. The van der Waals surface area contributed by atoms with Crippen molar-refractivity contribution in [2.45, 2.75) is 12.3 Å². The molecule has 4 nitrogen and oxygen atoms in total. The number of amides is 2. The summed E-state index contributed by atoms with van der Waals surface area (Å²) in [6.45, 7) is 1.95. The van der Waals surface area contributed by atoms with Gasteiger partial charge in [0.05, 0.1) is 0 Å².